The molecule has 1 unspecified atom stereocenters. The first kappa shape index (κ1) is 12.4. The summed E-state index contributed by atoms with van der Waals surface area (Å²) in [5, 5.41) is 12.0. The lowest BCUT2D eigenvalue weighted by atomic mass is 9.95. The number of nitrogens with one attached hydrogen (secondary N) is 1. The fourth-order valence-electron chi connectivity index (χ4n) is 0.784. The fraction of sp³-hybridized carbons (Fsp3) is 0.889. The lowest BCUT2D eigenvalue weighted by Crippen LogP contribution is -2.37. The molecule has 0 saturated heterocycles. The van der Waals surface area contributed by atoms with Gasteiger partial charge in [-0.1, -0.05) is 20.8 Å². The molecule has 1 amide bonds. The minimum atomic E-state index is -0.297. The van der Waals surface area contributed by atoms with Crippen LogP contribution >= 0.6 is 0 Å². The highest BCUT2D eigenvalue weighted by Crippen LogP contribution is 2.11. The van der Waals surface area contributed by atoms with Crippen molar-refractivity contribution in [2.75, 3.05) is 19.7 Å². The van der Waals surface area contributed by atoms with Gasteiger partial charge in [-0.2, -0.15) is 0 Å². The van der Waals surface area contributed by atoms with Gasteiger partial charge in [0.1, 0.15) is 0 Å². The zero-order valence-corrected chi connectivity index (χ0v) is 8.63. The Kier molecular flexibility index (Phi) is 4.95. The van der Waals surface area contributed by atoms with E-state index in [1.165, 1.54) is 0 Å². The standard InChI is InChI=1S/C9H20N2O2/c1-7(8(10)13)4-11-5-9(2,3)6-12/h7,11-12H,4-6H2,1-3H3,(H2,10,13). The van der Waals surface area contributed by atoms with Crippen LogP contribution in [0.25, 0.3) is 0 Å². The molecule has 0 aromatic heterocycles. The lowest BCUT2D eigenvalue weighted by molar-refractivity contribution is -0.121. The molecule has 78 valence electrons. The van der Waals surface area contributed by atoms with Crippen molar-refractivity contribution in [3.05, 3.63) is 0 Å². The van der Waals surface area contributed by atoms with Crippen LogP contribution in [0.5, 0.6) is 0 Å². The molecule has 0 aromatic carbocycles. The number of carbonyl (C=O) groups excluding carboxylic acids is 1. The van der Waals surface area contributed by atoms with Crippen LogP contribution in [0.1, 0.15) is 20.8 Å². The van der Waals surface area contributed by atoms with Crippen LogP contribution in [0.4, 0.5) is 0 Å². The third-order valence-electron chi connectivity index (χ3n) is 1.97. The summed E-state index contributed by atoms with van der Waals surface area (Å²) in [5.41, 5.74) is 4.95. The predicted molar refractivity (Wildman–Crippen MR) is 52.1 cm³/mol. The minimum Gasteiger partial charge on any atom is -0.396 e. The SMILES string of the molecule is CC(CNCC(C)(C)CO)C(N)=O. The molecule has 4 heteroatoms. The van der Waals surface area contributed by atoms with Crippen LogP contribution in [-0.4, -0.2) is 30.7 Å². The maximum Gasteiger partial charge on any atom is 0.221 e. The number of primary amides is 1. The normalized spacial score (nSPS) is 14.2. The molecule has 0 aliphatic heterocycles. The molecule has 0 aromatic rings. The summed E-state index contributed by atoms with van der Waals surface area (Å²) < 4.78 is 0. The van der Waals surface area contributed by atoms with E-state index < -0.39 is 0 Å². The Morgan fingerprint density at radius 1 is 1.62 bits per heavy atom. The van der Waals surface area contributed by atoms with Gasteiger partial charge in [0.15, 0.2) is 0 Å². The fourth-order valence-corrected chi connectivity index (χ4v) is 0.784. The monoisotopic (exact) mass is 188 g/mol. The van der Waals surface area contributed by atoms with Crippen LogP contribution in [0.15, 0.2) is 0 Å². The van der Waals surface area contributed by atoms with Crippen molar-refractivity contribution in [3.8, 4) is 0 Å². The Hall–Kier alpha value is -0.610. The average Bonchev–Trinajstić information content (AvgIpc) is 2.04. The highest BCUT2D eigenvalue weighted by molar-refractivity contribution is 5.76. The van der Waals surface area contributed by atoms with Gasteiger partial charge in [0.2, 0.25) is 5.91 Å². The van der Waals surface area contributed by atoms with Crippen molar-refractivity contribution >= 4 is 5.91 Å². The van der Waals surface area contributed by atoms with E-state index in [1.807, 2.05) is 13.8 Å². The van der Waals surface area contributed by atoms with Gasteiger partial charge in [0.05, 0.1) is 0 Å². The third-order valence-corrected chi connectivity index (χ3v) is 1.97. The molecular weight excluding hydrogens is 168 g/mol. The van der Waals surface area contributed by atoms with E-state index in [-0.39, 0.29) is 23.8 Å². The number of hydrogen-bond donors (Lipinski definition) is 3. The van der Waals surface area contributed by atoms with E-state index in [0.29, 0.717) is 13.1 Å². The van der Waals surface area contributed by atoms with Crippen LogP contribution < -0.4 is 11.1 Å². The van der Waals surface area contributed by atoms with E-state index in [4.69, 9.17) is 10.8 Å². The summed E-state index contributed by atoms with van der Waals surface area (Å²) >= 11 is 0. The molecule has 0 aliphatic carbocycles. The predicted octanol–water partition coefficient (Wildman–Crippen LogP) is -0.284. The molecule has 0 heterocycles. The quantitative estimate of drug-likeness (QED) is 0.536. The van der Waals surface area contributed by atoms with Crippen molar-refractivity contribution in [1.82, 2.24) is 5.32 Å². The van der Waals surface area contributed by atoms with Crippen LogP contribution in [0.3, 0.4) is 0 Å². The van der Waals surface area contributed by atoms with Gasteiger partial charge in [-0.25, -0.2) is 0 Å². The summed E-state index contributed by atoms with van der Waals surface area (Å²) in [5.74, 6) is -0.455. The lowest BCUT2D eigenvalue weighted by Gasteiger charge is -2.22. The van der Waals surface area contributed by atoms with E-state index in [0.717, 1.165) is 0 Å². The minimum absolute atomic E-state index is 0.130. The van der Waals surface area contributed by atoms with Gasteiger partial charge in [0, 0.05) is 31.0 Å². The van der Waals surface area contributed by atoms with E-state index in [9.17, 15) is 4.79 Å². The number of nitrogens with two attached hydrogens (primary N) is 1. The summed E-state index contributed by atoms with van der Waals surface area (Å²) in [7, 11) is 0. The molecule has 0 spiro atoms. The van der Waals surface area contributed by atoms with Gasteiger partial charge >= 0.3 is 0 Å². The Bertz CT molecular complexity index is 169. The first-order valence-electron chi connectivity index (χ1n) is 4.50. The third kappa shape index (κ3) is 5.60. The summed E-state index contributed by atoms with van der Waals surface area (Å²) in [6.07, 6.45) is 0. The molecule has 13 heavy (non-hydrogen) atoms. The van der Waals surface area contributed by atoms with Crippen molar-refractivity contribution < 1.29 is 9.90 Å². The first-order chi connectivity index (χ1) is 5.89. The second kappa shape index (κ2) is 5.19. The van der Waals surface area contributed by atoms with E-state index >= 15 is 0 Å². The maximum absolute atomic E-state index is 10.7. The Morgan fingerprint density at radius 3 is 2.54 bits per heavy atom. The highest BCUT2D eigenvalue weighted by atomic mass is 16.3. The van der Waals surface area contributed by atoms with Crippen LogP contribution in [0.2, 0.25) is 0 Å². The summed E-state index contributed by atoms with van der Waals surface area (Å²) in [6, 6.07) is 0. The molecule has 0 aliphatic rings. The second-order valence-electron chi connectivity index (χ2n) is 4.26. The molecule has 4 N–H and O–H groups in total. The van der Waals surface area contributed by atoms with Crippen molar-refractivity contribution in [2.45, 2.75) is 20.8 Å². The number of aliphatic hydroxyl groups is 1. The Labute approximate surface area is 79.5 Å². The molecule has 0 fully saturated rings. The number of hydrogen-bond acceptors (Lipinski definition) is 3. The average molecular weight is 188 g/mol. The molecule has 1 atom stereocenters. The van der Waals surface area contributed by atoms with E-state index in [1.54, 1.807) is 6.92 Å². The maximum atomic E-state index is 10.7. The second-order valence-corrected chi connectivity index (χ2v) is 4.26. The van der Waals surface area contributed by atoms with Gasteiger partial charge in [-0.3, -0.25) is 4.79 Å². The largest absolute Gasteiger partial charge is 0.396 e. The number of carbonyl (C=O) groups is 1. The van der Waals surface area contributed by atoms with E-state index in [2.05, 4.69) is 5.32 Å². The molecule has 0 rings (SSSR count). The highest BCUT2D eigenvalue weighted by Gasteiger charge is 2.16. The van der Waals surface area contributed by atoms with Crippen molar-refractivity contribution in [2.24, 2.45) is 17.1 Å². The molecular formula is C9H20N2O2. The number of rotatable bonds is 6. The Balaban J connectivity index is 3.62. The smallest absolute Gasteiger partial charge is 0.221 e. The van der Waals surface area contributed by atoms with Gasteiger partial charge in [0.25, 0.3) is 0 Å². The molecule has 0 radical (unpaired) electrons. The van der Waals surface area contributed by atoms with Crippen LogP contribution in [-0.2, 0) is 4.79 Å². The first-order valence-corrected chi connectivity index (χ1v) is 4.50. The molecule has 0 saturated carbocycles. The zero-order chi connectivity index (χ0) is 10.5. The van der Waals surface area contributed by atoms with Gasteiger partial charge in [-0.15, -0.1) is 0 Å². The number of amides is 1. The molecule has 0 bridgehead atoms. The zero-order valence-electron chi connectivity index (χ0n) is 8.63. The van der Waals surface area contributed by atoms with Crippen molar-refractivity contribution in [3.63, 3.8) is 0 Å². The van der Waals surface area contributed by atoms with Gasteiger partial charge < -0.3 is 16.2 Å². The van der Waals surface area contributed by atoms with Crippen LogP contribution in [0, 0.1) is 11.3 Å². The van der Waals surface area contributed by atoms with Gasteiger partial charge in [-0.05, 0) is 0 Å². The number of aliphatic hydroxyl groups excluding tert-OH is 1. The van der Waals surface area contributed by atoms with Crippen molar-refractivity contribution in [1.29, 1.82) is 0 Å². The summed E-state index contributed by atoms with van der Waals surface area (Å²) in [4.78, 5) is 10.7. The topological polar surface area (TPSA) is 75.3 Å². The Morgan fingerprint density at radius 2 is 2.15 bits per heavy atom. The summed E-state index contributed by atoms with van der Waals surface area (Å²) in [6.45, 7) is 7.07. The molecule has 4 nitrogen and oxygen atoms in total.